The van der Waals surface area contributed by atoms with Crippen LogP contribution < -0.4 is 49.9 Å². The van der Waals surface area contributed by atoms with E-state index in [9.17, 15) is 34.2 Å². The highest BCUT2D eigenvalue weighted by Gasteiger charge is 2.31. The second kappa shape index (κ2) is 20.9. The second-order valence-corrected chi connectivity index (χ2v) is 11.3. The first kappa shape index (κ1) is 39.9. The fourth-order valence-corrected chi connectivity index (χ4v) is 4.62. The molecule has 0 aliphatic rings. The number of H-pyrrole nitrogens is 1. The van der Waals surface area contributed by atoms with E-state index in [1.807, 2.05) is 0 Å². The molecule has 1 heterocycles. The Morgan fingerprint density at radius 1 is 0.796 bits per heavy atom. The quantitative estimate of drug-likeness (QED) is 0.0318. The number of aromatic amines is 1. The maximum atomic E-state index is 13.6. The molecule has 1 aromatic heterocycles. The number of hydrogen-bond acceptors (Lipinski definition) is 11. The van der Waals surface area contributed by atoms with E-state index in [0.29, 0.717) is 37.1 Å². The standard InChI is InChI=1S/C30H48N12O7/c31-10-2-1-4-20(32)26(46)41-23(13-18-14-36-16-38-18)28(48)39-21(5-3-11-37-30(34)35)27(47)42-24(15-43)29(49)40-22(25(33)45)12-17-6-8-19(44)9-7-17/h6-9,14,16,20-24,43-44H,1-5,10-13,15,31-32H2,(H2,33,45)(H,36,38)(H,39,48)(H,40,49)(H,41,46)(H,42,47)(H4,34,35,37)/t20-,21-,22-,23-,24-/m0/s1. The molecule has 0 unspecified atom stereocenters. The highest BCUT2D eigenvalue weighted by atomic mass is 16.3. The first-order valence-electron chi connectivity index (χ1n) is 15.7. The lowest BCUT2D eigenvalue weighted by molar-refractivity contribution is -0.135. The Balaban J connectivity index is 2.21. The minimum atomic E-state index is -1.54. The van der Waals surface area contributed by atoms with Crippen molar-refractivity contribution in [2.45, 2.75) is 75.2 Å². The molecular weight excluding hydrogens is 640 g/mol. The Bertz CT molecular complexity index is 1380. The van der Waals surface area contributed by atoms with Crippen LogP contribution in [0.15, 0.2) is 41.8 Å². The molecule has 0 aliphatic carbocycles. The molecule has 19 heteroatoms. The number of primary amides is 1. The van der Waals surface area contributed by atoms with E-state index >= 15 is 0 Å². The number of carbonyl (C=O) groups excluding carboxylic acids is 5. The van der Waals surface area contributed by atoms with Crippen molar-refractivity contribution in [1.82, 2.24) is 31.2 Å². The van der Waals surface area contributed by atoms with E-state index < -0.39 is 66.4 Å². The average Bonchev–Trinajstić information content (AvgIpc) is 3.58. The second-order valence-electron chi connectivity index (χ2n) is 11.3. The third-order valence-corrected chi connectivity index (χ3v) is 7.35. The summed E-state index contributed by atoms with van der Waals surface area (Å²) in [6.45, 7) is -0.316. The van der Waals surface area contributed by atoms with E-state index in [4.69, 9.17) is 28.7 Å². The zero-order valence-electron chi connectivity index (χ0n) is 27.1. The molecule has 49 heavy (non-hydrogen) atoms. The first-order valence-corrected chi connectivity index (χ1v) is 15.7. The van der Waals surface area contributed by atoms with Gasteiger partial charge in [-0.25, -0.2) is 4.98 Å². The number of aliphatic imine (C=N–C) groups is 1. The largest absolute Gasteiger partial charge is 0.508 e. The summed E-state index contributed by atoms with van der Waals surface area (Å²) in [4.78, 5) is 75.8. The van der Waals surface area contributed by atoms with Gasteiger partial charge < -0.3 is 65.1 Å². The molecule has 0 bridgehead atoms. The summed E-state index contributed by atoms with van der Waals surface area (Å²) in [5.74, 6) is -4.15. The fraction of sp³-hybridized carbons (Fsp3) is 0.500. The lowest BCUT2D eigenvalue weighted by atomic mass is 10.0. The SMILES string of the molecule is NCCCC[C@H](N)C(=O)N[C@@H](Cc1cnc[nH]1)C(=O)N[C@@H](CCCN=C(N)N)C(=O)N[C@@H](CO)C(=O)N[C@@H](Cc1ccc(O)cc1)C(N)=O. The molecule has 0 radical (unpaired) electrons. The van der Waals surface area contributed by atoms with Gasteiger partial charge in [0.2, 0.25) is 29.5 Å². The highest BCUT2D eigenvalue weighted by molar-refractivity contribution is 5.96. The maximum Gasteiger partial charge on any atom is 0.245 e. The Morgan fingerprint density at radius 2 is 1.41 bits per heavy atom. The third kappa shape index (κ3) is 14.6. The van der Waals surface area contributed by atoms with Gasteiger partial charge >= 0.3 is 0 Å². The summed E-state index contributed by atoms with van der Waals surface area (Å²) in [7, 11) is 0. The van der Waals surface area contributed by atoms with Crippen molar-refractivity contribution < 1.29 is 34.2 Å². The molecule has 0 aliphatic heterocycles. The number of phenols is 1. The van der Waals surface area contributed by atoms with Crippen LogP contribution in [0, 0.1) is 0 Å². The molecule has 270 valence electrons. The van der Waals surface area contributed by atoms with E-state index in [1.54, 1.807) is 0 Å². The van der Waals surface area contributed by atoms with Gasteiger partial charge in [0.1, 0.15) is 29.9 Å². The monoisotopic (exact) mass is 688 g/mol. The van der Waals surface area contributed by atoms with Gasteiger partial charge in [-0.2, -0.15) is 0 Å². The predicted molar refractivity (Wildman–Crippen MR) is 179 cm³/mol. The van der Waals surface area contributed by atoms with Crippen LogP contribution in [-0.2, 0) is 36.8 Å². The number of unbranched alkanes of at least 4 members (excludes halogenated alkanes) is 1. The van der Waals surface area contributed by atoms with Gasteiger partial charge in [-0.1, -0.05) is 18.6 Å². The van der Waals surface area contributed by atoms with Crippen molar-refractivity contribution in [2.24, 2.45) is 33.7 Å². The van der Waals surface area contributed by atoms with E-state index in [2.05, 4.69) is 36.2 Å². The van der Waals surface area contributed by atoms with E-state index in [-0.39, 0.29) is 43.9 Å². The van der Waals surface area contributed by atoms with Gasteiger partial charge in [-0.15, -0.1) is 0 Å². The zero-order chi connectivity index (χ0) is 36.3. The van der Waals surface area contributed by atoms with Crippen molar-refractivity contribution in [2.75, 3.05) is 19.7 Å². The van der Waals surface area contributed by atoms with Crippen LogP contribution in [0.1, 0.15) is 43.4 Å². The molecule has 5 atom stereocenters. The number of nitrogens with two attached hydrogens (primary N) is 5. The molecule has 1 aromatic carbocycles. The summed E-state index contributed by atoms with van der Waals surface area (Å²) in [5, 5.41) is 29.5. The van der Waals surface area contributed by atoms with Gasteiger partial charge in [-0.05, 0) is 49.9 Å². The molecular formula is C30H48N12O7. The number of nitrogens with one attached hydrogen (secondary N) is 5. The number of imidazole rings is 1. The Morgan fingerprint density at radius 3 is 2.00 bits per heavy atom. The summed E-state index contributed by atoms with van der Waals surface area (Å²) < 4.78 is 0. The number of aromatic hydroxyl groups is 1. The average molecular weight is 689 g/mol. The van der Waals surface area contributed by atoms with Crippen LogP contribution in [-0.4, -0.2) is 106 Å². The number of aliphatic hydroxyl groups is 1. The number of nitrogens with zero attached hydrogens (tertiary/aromatic N) is 2. The van der Waals surface area contributed by atoms with Crippen LogP contribution in [0.2, 0.25) is 0 Å². The fourth-order valence-electron chi connectivity index (χ4n) is 4.62. The molecule has 0 saturated heterocycles. The van der Waals surface area contributed by atoms with Gasteiger partial charge in [0.25, 0.3) is 0 Å². The van der Waals surface area contributed by atoms with Crippen molar-refractivity contribution in [3.63, 3.8) is 0 Å². The number of rotatable bonds is 22. The van der Waals surface area contributed by atoms with Crippen LogP contribution in [0.25, 0.3) is 0 Å². The van der Waals surface area contributed by atoms with E-state index in [1.165, 1.54) is 36.8 Å². The predicted octanol–water partition coefficient (Wildman–Crippen LogP) is -4.17. The van der Waals surface area contributed by atoms with Crippen molar-refractivity contribution >= 4 is 35.5 Å². The first-order chi connectivity index (χ1) is 23.3. The molecule has 17 N–H and O–H groups in total. The molecule has 0 saturated carbocycles. The molecule has 0 spiro atoms. The van der Waals surface area contributed by atoms with Crippen LogP contribution in [0.4, 0.5) is 0 Å². The Hall–Kier alpha value is -5.27. The van der Waals surface area contributed by atoms with Gasteiger partial charge in [0.15, 0.2) is 5.96 Å². The summed E-state index contributed by atoms with van der Waals surface area (Å²) in [5.41, 5.74) is 28.9. The van der Waals surface area contributed by atoms with Gasteiger partial charge in [0.05, 0.1) is 19.0 Å². The Kier molecular flexibility index (Phi) is 17.0. The number of phenolic OH excluding ortho intramolecular Hbond substituents is 1. The highest BCUT2D eigenvalue weighted by Crippen LogP contribution is 2.12. The van der Waals surface area contributed by atoms with Gasteiger partial charge in [0, 0.05) is 31.3 Å². The van der Waals surface area contributed by atoms with E-state index in [0.717, 1.165) is 0 Å². The molecule has 5 amide bonds. The maximum absolute atomic E-state index is 13.6. The number of guanidine groups is 1. The number of hydrogen-bond donors (Lipinski definition) is 12. The zero-order valence-corrected chi connectivity index (χ0v) is 27.1. The lowest BCUT2D eigenvalue weighted by Crippen LogP contribution is -2.59. The summed E-state index contributed by atoms with van der Waals surface area (Å²) in [6.07, 6.45) is 4.64. The summed E-state index contributed by atoms with van der Waals surface area (Å²) >= 11 is 0. The summed E-state index contributed by atoms with van der Waals surface area (Å²) in [6, 6.07) is -0.269. The lowest BCUT2D eigenvalue weighted by Gasteiger charge is -2.26. The molecule has 0 fully saturated rings. The number of carbonyl (C=O) groups is 5. The smallest absolute Gasteiger partial charge is 0.245 e. The number of benzene rings is 1. The van der Waals surface area contributed by atoms with Crippen LogP contribution >= 0.6 is 0 Å². The number of amides is 5. The molecule has 2 rings (SSSR count). The van der Waals surface area contributed by atoms with Crippen molar-refractivity contribution in [3.05, 3.63) is 48.0 Å². The van der Waals surface area contributed by atoms with Crippen LogP contribution in [0.5, 0.6) is 5.75 Å². The topological polar surface area (TPSA) is 345 Å². The molecule has 2 aromatic rings. The number of aliphatic hydroxyl groups excluding tert-OH is 1. The minimum Gasteiger partial charge on any atom is -0.508 e. The molecule has 19 nitrogen and oxygen atoms in total. The number of aromatic nitrogens is 2. The minimum absolute atomic E-state index is 0.00307. The normalized spacial score (nSPS) is 13.9. The van der Waals surface area contributed by atoms with Crippen molar-refractivity contribution in [1.29, 1.82) is 0 Å². The third-order valence-electron chi connectivity index (χ3n) is 7.35. The van der Waals surface area contributed by atoms with Gasteiger partial charge in [-0.3, -0.25) is 29.0 Å². The Labute approximate surface area is 283 Å². The van der Waals surface area contributed by atoms with Crippen LogP contribution in [0.3, 0.4) is 0 Å². The van der Waals surface area contributed by atoms with Crippen molar-refractivity contribution in [3.8, 4) is 5.75 Å².